The third-order valence-electron chi connectivity index (χ3n) is 4.35. The summed E-state index contributed by atoms with van der Waals surface area (Å²) in [7, 11) is 0. The van der Waals surface area contributed by atoms with E-state index in [1.54, 1.807) is 0 Å². The lowest BCUT2D eigenvalue weighted by Crippen LogP contribution is -2.57. The highest BCUT2D eigenvalue weighted by molar-refractivity contribution is 5.78. The van der Waals surface area contributed by atoms with Crippen molar-refractivity contribution in [2.75, 3.05) is 13.1 Å². The van der Waals surface area contributed by atoms with E-state index in [0.29, 0.717) is 0 Å². The van der Waals surface area contributed by atoms with Crippen LogP contribution in [0.1, 0.15) is 17.8 Å². The molecule has 0 N–H and O–H groups in total. The minimum atomic E-state index is -0.185. The molecule has 0 saturated carbocycles. The molecule has 0 aliphatic carbocycles. The van der Waals surface area contributed by atoms with E-state index in [9.17, 15) is 0 Å². The number of nitrogens with zero attached hydrogens (tertiary/aromatic N) is 4. The average Bonchev–Trinajstić information content (AvgIpc) is 3.05. The van der Waals surface area contributed by atoms with Crippen LogP contribution in [-0.4, -0.2) is 43.8 Å². The smallest absolute Gasteiger partial charge is 0.201 e. The van der Waals surface area contributed by atoms with E-state index in [1.807, 2.05) is 0 Å². The predicted molar refractivity (Wildman–Crippen MR) is 67.4 cm³/mol. The molecule has 0 bridgehead atoms. The van der Waals surface area contributed by atoms with Gasteiger partial charge < -0.3 is 0 Å². The van der Waals surface area contributed by atoms with Gasteiger partial charge in [0.05, 0.1) is 6.42 Å². The van der Waals surface area contributed by atoms with Crippen molar-refractivity contribution in [2.45, 2.75) is 12.3 Å². The van der Waals surface area contributed by atoms with Gasteiger partial charge in [-0.05, 0) is 24.3 Å². The molecule has 0 amide bonds. The van der Waals surface area contributed by atoms with Crippen molar-refractivity contribution < 1.29 is 9.15 Å². The first kappa shape index (κ1) is 8.91. The lowest BCUT2D eigenvalue weighted by molar-refractivity contribution is -0.877. The molecule has 18 heavy (non-hydrogen) atoms. The molecule has 88 valence electrons. The molecule has 1 saturated heterocycles. The minimum Gasteiger partial charge on any atom is -0.201 e. The lowest BCUT2D eigenvalue weighted by Gasteiger charge is -2.26. The molecular formula is C14H14N4+2. The van der Waals surface area contributed by atoms with Gasteiger partial charge in [0.25, 0.3) is 0 Å². The average molecular weight is 238 g/mol. The monoisotopic (exact) mass is 238 g/mol. The molecule has 3 aliphatic heterocycles. The molecule has 1 fully saturated rings. The third-order valence-corrected chi connectivity index (χ3v) is 4.35. The maximum Gasteiger partial charge on any atom is 0.541 e. The summed E-state index contributed by atoms with van der Waals surface area (Å²) in [5, 5.41) is 0. The van der Waals surface area contributed by atoms with Crippen LogP contribution < -0.4 is 0 Å². The molecule has 0 aromatic carbocycles. The summed E-state index contributed by atoms with van der Waals surface area (Å²) in [6.07, 6.45) is 10.2. The first-order chi connectivity index (χ1) is 8.90. The summed E-state index contributed by atoms with van der Waals surface area (Å²) in [4.78, 5) is 0. The highest BCUT2D eigenvalue weighted by Crippen LogP contribution is 2.35. The Morgan fingerprint density at radius 3 is 2.00 bits per heavy atom. The van der Waals surface area contributed by atoms with Gasteiger partial charge in [-0.2, -0.15) is 0 Å². The molecule has 0 atom stereocenters. The SMILES string of the molecule is C1=[N+]2CCC[N+]3=Cc4cccn4C23n2cccc21. The standard InChI is InChI=1S/C14H14N4/c1-4-12-10-15-6-3-7-16-11-13-5-2-9-18(13)14(15,16)17(12)8-1/h1-2,4-5,8-11H,3,6-7H2/q+2. The van der Waals surface area contributed by atoms with Crippen LogP contribution in [0.4, 0.5) is 0 Å². The van der Waals surface area contributed by atoms with Gasteiger partial charge in [-0.25, -0.2) is 9.13 Å². The molecule has 2 aromatic heterocycles. The van der Waals surface area contributed by atoms with Gasteiger partial charge in [-0.1, -0.05) is 0 Å². The molecule has 0 unspecified atom stereocenters. The van der Waals surface area contributed by atoms with Crippen LogP contribution in [-0.2, 0) is 5.91 Å². The molecule has 4 nitrogen and oxygen atoms in total. The van der Waals surface area contributed by atoms with Gasteiger partial charge in [0.2, 0.25) is 0 Å². The Balaban J connectivity index is 1.94. The van der Waals surface area contributed by atoms with Crippen LogP contribution in [0.3, 0.4) is 0 Å². The number of aromatic nitrogens is 2. The molecule has 2 aromatic rings. The van der Waals surface area contributed by atoms with Crippen molar-refractivity contribution in [3.05, 3.63) is 48.0 Å². The fraction of sp³-hybridized carbons (Fsp3) is 0.286. The molecule has 4 heteroatoms. The first-order valence-corrected chi connectivity index (χ1v) is 6.49. The molecule has 0 radical (unpaired) electrons. The second-order valence-corrected chi connectivity index (χ2v) is 5.20. The Morgan fingerprint density at radius 1 is 0.889 bits per heavy atom. The van der Waals surface area contributed by atoms with Crippen LogP contribution in [0.5, 0.6) is 0 Å². The van der Waals surface area contributed by atoms with Crippen molar-refractivity contribution in [2.24, 2.45) is 0 Å². The summed E-state index contributed by atoms with van der Waals surface area (Å²) in [5.74, 6) is -0.185. The normalized spacial score (nSPS) is 21.8. The van der Waals surface area contributed by atoms with Crippen molar-refractivity contribution in [1.29, 1.82) is 0 Å². The van der Waals surface area contributed by atoms with Gasteiger partial charge in [-0.15, -0.1) is 9.15 Å². The third kappa shape index (κ3) is 0.740. The fourth-order valence-electron chi connectivity index (χ4n) is 3.71. The first-order valence-electron chi connectivity index (χ1n) is 6.49. The summed E-state index contributed by atoms with van der Waals surface area (Å²) >= 11 is 0. The van der Waals surface area contributed by atoms with Crippen LogP contribution in [0.15, 0.2) is 36.7 Å². The second kappa shape index (κ2) is 2.66. The Hall–Kier alpha value is -2.10. The zero-order chi connectivity index (χ0) is 11.7. The Morgan fingerprint density at radius 2 is 1.44 bits per heavy atom. The number of fused-ring (bicyclic) bond motifs is 2. The van der Waals surface area contributed by atoms with Crippen molar-refractivity contribution >= 4 is 12.4 Å². The van der Waals surface area contributed by atoms with E-state index in [1.165, 1.54) is 17.8 Å². The maximum absolute atomic E-state index is 2.46. The summed E-state index contributed by atoms with van der Waals surface area (Å²) in [5.41, 5.74) is 2.58. The Bertz CT molecular complexity index is 666. The molecule has 1 spiro atoms. The molecule has 5 rings (SSSR count). The highest BCUT2D eigenvalue weighted by Gasteiger charge is 2.65. The summed E-state index contributed by atoms with van der Waals surface area (Å²) in [6.45, 7) is 2.23. The van der Waals surface area contributed by atoms with Crippen LogP contribution in [0.2, 0.25) is 0 Å². The van der Waals surface area contributed by atoms with Crippen LogP contribution in [0, 0.1) is 0 Å². The number of hydrogen-bond acceptors (Lipinski definition) is 0. The molecule has 3 aliphatic rings. The van der Waals surface area contributed by atoms with Gasteiger partial charge in [-0.3, -0.25) is 0 Å². The topological polar surface area (TPSA) is 15.9 Å². The van der Waals surface area contributed by atoms with Crippen molar-refractivity contribution in [1.82, 2.24) is 9.13 Å². The van der Waals surface area contributed by atoms with E-state index < -0.39 is 0 Å². The van der Waals surface area contributed by atoms with E-state index in [-0.39, 0.29) is 5.91 Å². The van der Waals surface area contributed by atoms with Gasteiger partial charge in [0.1, 0.15) is 11.4 Å². The fourth-order valence-corrected chi connectivity index (χ4v) is 3.71. The Labute approximate surface area is 105 Å². The van der Waals surface area contributed by atoms with E-state index in [4.69, 9.17) is 0 Å². The largest absolute Gasteiger partial charge is 0.541 e. The van der Waals surface area contributed by atoms with Crippen molar-refractivity contribution in [3.63, 3.8) is 0 Å². The zero-order valence-corrected chi connectivity index (χ0v) is 10.0. The number of hydrogen-bond donors (Lipinski definition) is 0. The van der Waals surface area contributed by atoms with Crippen molar-refractivity contribution in [3.8, 4) is 0 Å². The molecular weight excluding hydrogens is 224 g/mol. The second-order valence-electron chi connectivity index (χ2n) is 5.20. The van der Waals surface area contributed by atoms with E-state index >= 15 is 0 Å². The van der Waals surface area contributed by atoms with Gasteiger partial charge >= 0.3 is 5.91 Å². The van der Waals surface area contributed by atoms with Gasteiger partial charge in [0, 0.05) is 12.4 Å². The van der Waals surface area contributed by atoms with Crippen LogP contribution in [0.25, 0.3) is 0 Å². The van der Waals surface area contributed by atoms with E-state index in [2.05, 4.69) is 67.4 Å². The highest BCUT2D eigenvalue weighted by atomic mass is 15.6. The van der Waals surface area contributed by atoms with Gasteiger partial charge in [0.15, 0.2) is 25.5 Å². The zero-order valence-electron chi connectivity index (χ0n) is 10.0. The maximum atomic E-state index is 2.46. The van der Waals surface area contributed by atoms with Crippen LogP contribution >= 0.6 is 0 Å². The predicted octanol–water partition coefficient (Wildman–Crippen LogP) is 0.699. The lowest BCUT2D eigenvalue weighted by atomic mass is 10.3. The minimum absolute atomic E-state index is 0.185. The quantitative estimate of drug-likeness (QED) is 0.601. The van der Waals surface area contributed by atoms with E-state index in [0.717, 1.165) is 13.1 Å². The summed E-state index contributed by atoms with van der Waals surface area (Å²) in [6, 6.07) is 8.64. The Kier molecular flexibility index (Phi) is 1.32. The molecule has 5 heterocycles. The summed E-state index contributed by atoms with van der Waals surface area (Å²) < 4.78 is 9.66. The number of rotatable bonds is 0.